The summed E-state index contributed by atoms with van der Waals surface area (Å²) in [6.07, 6.45) is 0. The zero-order valence-electron chi connectivity index (χ0n) is 10.6. The summed E-state index contributed by atoms with van der Waals surface area (Å²) < 4.78 is 41.8. The molecule has 3 nitrogen and oxygen atoms in total. The largest absolute Gasteiger partial charge is 0.310 e. The van der Waals surface area contributed by atoms with Crippen LogP contribution in [0.3, 0.4) is 0 Å². The Morgan fingerprint density at radius 1 is 1.05 bits per heavy atom. The quantitative estimate of drug-likeness (QED) is 0.675. The minimum Gasteiger partial charge on any atom is -0.310 e. The summed E-state index contributed by atoms with van der Waals surface area (Å²) in [5.41, 5.74) is 0.991. The summed E-state index contributed by atoms with van der Waals surface area (Å²) in [6.45, 7) is -0.0751. The summed E-state index contributed by atoms with van der Waals surface area (Å²) in [7, 11) is 0. The lowest BCUT2D eigenvalue weighted by molar-refractivity contribution is 0.448. The van der Waals surface area contributed by atoms with Crippen LogP contribution in [-0.4, -0.2) is 9.55 Å². The Kier molecular flexibility index (Phi) is 3.10. The smallest absolute Gasteiger partial charge is 0.195 e. The lowest BCUT2D eigenvalue weighted by atomic mass is 10.2. The van der Waals surface area contributed by atoms with E-state index in [2.05, 4.69) is 4.98 Å². The summed E-state index contributed by atoms with van der Waals surface area (Å²) in [6, 6.07) is 10.8. The van der Waals surface area contributed by atoms with Crippen molar-refractivity contribution in [2.45, 2.75) is 6.54 Å². The van der Waals surface area contributed by atoms with Crippen LogP contribution in [0.5, 0.6) is 0 Å². The first-order valence-corrected chi connectivity index (χ1v) is 6.09. The van der Waals surface area contributed by atoms with Crippen molar-refractivity contribution < 1.29 is 13.2 Å². The van der Waals surface area contributed by atoms with Gasteiger partial charge in [-0.3, -0.25) is 0 Å². The van der Waals surface area contributed by atoms with Gasteiger partial charge in [0.05, 0.1) is 22.7 Å². The Bertz CT molecular complexity index is 878. The first-order valence-electron chi connectivity index (χ1n) is 6.09. The molecule has 0 spiro atoms. The second kappa shape index (κ2) is 4.94. The highest BCUT2D eigenvalue weighted by molar-refractivity contribution is 5.80. The fraction of sp³-hybridized carbons (Fsp3) is 0.0667. The normalized spacial score (nSPS) is 10.8. The molecule has 0 aliphatic carbocycles. The van der Waals surface area contributed by atoms with Crippen molar-refractivity contribution in [2.75, 3.05) is 0 Å². The van der Waals surface area contributed by atoms with Gasteiger partial charge in [0.15, 0.2) is 17.5 Å². The molecule has 3 rings (SSSR count). The maximum Gasteiger partial charge on any atom is 0.195 e. The predicted molar refractivity (Wildman–Crippen MR) is 70.7 cm³/mol. The minimum atomic E-state index is -1.55. The highest BCUT2D eigenvalue weighted by Crippen LogP contribution is 2.28. The molecule has 2 aromatic carbocycles. The molecule has 1 aromatic heterocycles. The Morgan fingerprint density at radius 2 is 1.81 bits per heavy atom. The van der Waals surface area contributed by atoms with Gasteiger partial charge in [-0.05, 0) is 24.3 Å². The van der Waals surface area contributed by atoms with Crippen LogP contribution in [0.4, 0.5) is 13.2 Å². The Labute approximate surface area is 117 Å². The predicted octanol–water partition coefficient (Wildman–Crippen LogP) is 3.64. The fourth-order valence-electron chi connectivity index (χ4n) is 2.21. The molecule has 0 bridgehead atoms. The molecule has 0 amide bonds. The molecule has 0 unspecified atom stereocenters. The molecule has 0 saturated carbocycles. The number of imidazole rings is 1. The van der Waals surface area contributed by atoms with E-state index in [4.69, 9.17) is 5.26 Å². The number of benzene rings is 2. The third-order valence-corrected chi connectivity index (χ3v) is 3.16. The van der Waals surface area contributed by atoms with Gasteiger partial charge in [0.25, 0.3) is 0 Å². The van der Waals surface area contributed by atoms with Crippen LogP contribution in [0.15, 0.2) is 36.4 Å². The van der Waals surface area contributed by atoms with Crippen molar-refractivity contribution in [1.29, 1.82) is 5.26 Å². The standard InChI is InChI=1S/C15H8F3N3/c16-10-6-5-9(13(17)14(10)18)15-20-11-3-1-2-4-12(11)21(15)8-7-19/h1-6H,8H2. The number of hydrogen-bond acceptors (Lipinski definition) is 2. The highest BCUT2D eigenvalue weighted by Gasteiger charge is 2.20. The van der Waals surface area contributed by atoms with Crippen LogP contribution in [0, 0.1) is 28.8 Å². The third kappa shape index (κ3) is 2.03. The number of fused-ring (bicyclic) bond motifs is 1. The number of hydrogen-bond donors (Lipinski definition) is 0. The zero-order chi connectivity index (χ0) is 15.0. The number of nitrogens with zero attached hydrogens (tertiary/aromatic N) is 3. The molecule has 0 N–H and O–H groups in total. The minimum absolute atomic E-state index is 0.0751. The molecule has 0 fully saturated rings. The molecule has 0 aliphatic rings. The first-order chi connectivity index (χ1) is 10.1. The van der Waals surface area contributed by atoms with Crippen LogP contribution < -0.4 is 0 Å². The molecule has 3 aromatic rings. The van der Waals surface area contributed by atoms with Gasteiger partial charge in [-0.25, -0.2) is 18.2 Å². The summed E-state index contributed by atoms with van der Waals surface area (Å²) in [4.78, 5) is 4.22. The molecule has 0 saturated heterocycles. The number of para-hydroxylation sites is 2. The maximum atomic E-state index is 13.9. The van der Waals surface area contributed by atoms with E-state index in [1.165, 1.54) is 4.57 Å². The molecule has 0 aliphatic heterocycles. The number of nitriles is 1. The van der Waals surface area contributed by atoms with Crippen LogP contribution in [0.1, 0.15) is 0 Å². The van der Waals surface area contributed by atoms with E-state index in [-0.39, 0.29) is 17.9 Å². The molecular formula is C15H8F3N3. The van der Waals surface area contributed by atoms with Crippen molar-refractivity contribution in [3.05, 3.63) is 53.8 Å². The van der Waals surface area contributed by atoms with Crippen LogP contribution >= 0.6 is 0 Å². The van der Waals surface area contributed by atoms with Gasteiger partial charge < -0.3 is 4.57 Å². The van der Waals surface area contributed by atoms with E-state index in [0.29, 0.717) is 11.0 Å². The molecule has 0 atom stereocenters. The van der Waals surface area contributed by atoms with E-state index in [1.807, 2.05) is 6.07 Å². The molecule has 6 heteroatoms. The fourth-order valence-corrected chi connectivity index (χ4v) is 2.21. The van der Waals surface area contributed by atoms with Crippen molar-refractivity contribution in [3.8, 4) is 17.5 Å². The first kappa shape index (κ1) is 13.2. The maximum absolute atomic E-state index is 13.9. The van der Waals surface area contributed by atoms with Gasteiger partial charge in [-0.15, -0.1) is 0 Å². The van der Waals surface area contributed by atoms with E-state index in [0.717, 1.165) is 12.1 Å². The Hall–Kier alpha value is -2.81. The molecule has 1 heterocycles. The average Bonchev–Trinajstić information content (AvgIpc) is 2.84. The number of rotatable bonds is 2. The molecule has 0 radical (unpaired) electrons. The van der Waals surface area contributed by atoms with E-state index < -0.39 is 17.5 Å². The van der Waals surface area contributed by atoms with Crippen molar-refractivity contribution in [1.82, 2.24) is 9.55 Å². The highest BCUT2D eigenvalue weighted by atomic mass is 19.2. The Balaban J connectivity index is 2.33. The van der Waals surface area contributed by atoms with Gasteiger partial charge in [0, 0.05) is 0 Å². The van der Waals surface area contributed by atoms with Crippen LogP contribution in [0.25, 0.3) is 22.4 Å². The number of aromatic nitrogens is 2. The molecular weight excluding hydrogens is 279 g/mol. The van der Waals surface area contributed by atoms with Crippen molar-refractivity contribution in [3.63, 3.8) is 0 Å². The van der Waals surface area contributed by atoms with Gasteiger partial charge in [0.2, 0.25) is 0 Å². The zero-order valence-corrected chi connectivity index (χ0v) is 10.6. The van der Waals surface area contributed by atoms with Gasteiger partial charge >= 0.3 is 0 Å². The molecule has 21 heavy (non-hydrogen) atoms. The van der Waals surface area contributed by atoms with Gasteiger partial charge in [0.1, 0.15) is 12.4 Å². The van der Waals surface area contributed by atoms with E-state index in [9.17, 15) is 13.2 Å². The summed E-state index contributed by atoms with van der Waals surface area (Å²) in [5.74, 6) is -4.04. The van der Waals surface area contributed by atoms with Crippen molar-refractivity contribution >= 4 is 11.0 Å². The van der Waals surface area contributed by atoms with Gasteiger partial charge in [-0.2, -0.15) is 5.26 Å². The lowest BCUT2D eigenvalue weighted by Crippen LogP contribution is -2.02. The molecule has 104 valence electrons. The monoisotopic (exact) mass is 287 g/mol. The second-order valence-electron chi connectivity index (χ2n) is 4.39. The summed E-state index contributed by atoms with van der Waals surface area (Å²) in [5, 5.41) is 8.91. The van der Waals surface area contributed by atoms with Crippen LogP contribution in [0.2, 0.25) is 0 Å². The Morgan fingerprint density at radius 3 is 2.57 bits per heavy atom. The van der Waals surface area contributed by atoms with Gasteiger partial charge in [-0.1, -0.05) is 12.1 Å². The summed E-state index contributed by atoms with van der Waals surface area (Å²) >= 11 is 0. The second-order valence-corrected chi connectivity index (χ2v) is 4.39. The third-order valence-electron chi connectivity index (χ3n) is 3.16. The topological polar surface area (TPSA) is 41.6 Å². The van der Waals surface area contributed by atoms with E-state index in [1.54, 1.807) is 24.3 Å². The SMILES string of the molecule is N#CCn1c(-c2ccc(F)c(F)c2F)nc2ccccc21. The van der Waals surface area contributed by atoms with Crippen molar-refractivity contribution in [2.24, 2.45) is 0 Å². The average molecular weight is 287 g/mol. The van der Waals surface area contributed by atoms with Crippen LogP contribution in [-0.2, 0) is 6.54 Å². The number of halogens is 3. The van der Waals surface area contributed by atoms with E-state index >= 15 is 0 Å². The lowest BCUT2D eigenvalue weighted by Gasteiger charge is -2.06.